The molecule has 0 fully saturated rings. The van der Waals surface area contributed by atoms with Gasteiger partial charge in [0.15, 0.2) is 0 Å². The van der Waals surface area contributed by atoms with Gasteiger partial charge in [-0.1, -0.05) is 6.92 Å². The van der Waals surface area contributed by atoms with E-state index in [1.54, 1.807) is 0 Å². The highest BCUT2D eigenvalue weighted by atomic mass is 32.1. The summed E-state index contributed by atoms with van der Waals surface area (Å²) in [7, 11) is 0. The van der Waals surface area contributed by atoms with Crippen molar-refractivity contribution in [3.8, 4) is 0 Å². The van der Waals surface area contributed by atoms with Crippen LogP contribution in [0.3, 0.4) is 0 Å². The van der Waals surface area contributed by atoms with Crippen LogP contribution in [0.15, 0.2) is 11.1 Å². The smallest absolute Gasteiger partial charge is 0.0578 e. The van der Waals surface area contributed by atoms with Gasteiger partial charge in [-0.15, -0.1) is 12.6 Å². The largest absolute Gasteiger partial charge is 0.327 e. The Hall–Kier alpha value is -0.150. The molecule has 1 unspecified atom stereocenters. The number of thiol groups is 1. The summed E-state index contributed by atoms with van der Waals surface area (Å²) in [5.41, 5.74) is 5.92. The SMILES string of the molecule is CCC1NNC=C1S. The van der Waals surface area contributed by atoms with Gasteiger partial charge in [0.05, 0.1) is 6.04 Å². The predicted octanol–water partition coefficient (Wildman–Crippen LogP) is 0.644. The summed E-state index contributed by atoms with van der Waals surface area (Å²) in [6, 6.07) is 0.429. The summed E-state index contributed by atoms with van der Waals surface area (Å²) in [4.78, 5) is 1.09. The lowest BCUT2D eigenvalue weighted by Gasteiger charge is -2.05. The van der Waals surface area contributed by atoms with E-state index in [2.05, 4.69) is 30.4 Å². The minimum atomic E-state index is 0.429. The topological polar surface area (TPSA) is 24.1 Å². The minimum Gasteiger partial charge on any atom is -0.327 e. The maximum absolute atomic E-state index is 4.20. The van der Waals surface area contributed by atoms with Gasteiger partial charge in [0.2, 0.25) is 0 Å². The lowest BCUT2D eigenvalue weighted by atomic mass is 10.2. The highest BCUT2D eigenvalue weighted by molar-refractivity contribution is 7.84. The molecule has 1 aliphatic heterocycles. The summed E-state index contributed by atoms with van der Waals surface area (Å²) < 4.78 is 0. The van der Waals surface area contributed by atoms with Crippen LogP contribution in [0.2, 0.25) is 0 Å². The number of nitrogens with one attached hydrogen (secondary N) is 2. The van der Waals surface area contributed by atoms with E-state index in [1.165, 1.54) is 0 Å². The van der Waals surface area contributed by atoms with Gasteiger partial charge in [-0.3, -0.25) is 0 Å². The van der Waals surface area contributed by atoms with Gasteiger partial charge in [-0.2, -0.15) is 0 Å². The number of rotatable bonds is 1. The van der Waals surface area contributed by atoms with Crippen molar-refractivity contribution >= 4 is 12.6 Å². The summed E-state index contributed by atoms with van der Waals surface area (Å²) in [5.74, 6) is 0. The van der Waals surface area contributed by atoms with Gasteiger partial charge in [-0.05, 0) is 6.42 Å². The van der Waals surface area contributed by atoms with Gasteiger partial charge in [0.25, 0.3) is 0 Å². The van der Waals surface area contributed by atoms with Gasteiger partial charge < -0.3 is 5.43 Å². The van der Waals surface area contributed by atoms with Crippen molar-refractivity contribution in [2.45, 2.75) is 19.4 Å². The first kappa shape index (κ1) is 5.98. The van der Waals surface area contributed by atoms with Crippen molar-refractivity contribution in [3.05, 3.63) is 11.1 Å². The van der Waals surface area contributed by atoms with E-state index in [4.69, 9.17) is 0 Å². The number of hydrogen-bond donors (Lipinski definition) is 3. The molecule has 2 nitrogen and oxygen atoms in total. The minimum absolute atomic E-state index is 0.429. The molecular formula is C5H10N2S. The van der Waals surface area contributed by atoms with Crippen LogP contribution in [-0.2, 0) is 0 Å². The predicted molar refractivity (Wildman–Crippen MR) is 37.4 cm³/mol. The average molecular weight is 130 g/mol. The van der Waals surface area contributed by atoms with E-state index in [1.807, 2.05) is 6.20 Å². The molecule has 1 rings (SSSR count). The second-order valence-corrected chi connectivity index (χ2v) is 2.34. The lowest BCUT2D eigenvalue weighted by Crippen LogP contribution is -2.30. The van der Waals surface area contributed by atoms with Crippen molar-refractivity contribution < 1.29 is 0 Å². The van der Waals surface area contributed by atoms with Gasteiger partial charge >= 0.3 is 0 Å². The van der Waals surface area contributed by atoms with Crippen molar-refractivity contribution in [1.29, 1.82) is 0 Å². The molecule has 0 radical (unpaired) electrons. The van der Waals surface area contributed by atoms with Crippen LogP contribution in [0.4, 0.5) is 0 Å². The van der Waals surface area contributed by atoms with Crippen LogP contribution in [0, 0.1) is 0 Å². The maximum atomic E-state index is 4.20. The Balaban J connectivity index is 2.46. The van der Waals surface area contributed by atoms with E-state index in [-0.39, 0.29) is 0 Å². The Bertz CT molecular complexity index is 111. The van der Waals surface area contributed by atoms with Gasteiger partial charge in [0, 0.05) is 11.1 Å². The summed E-state index contributed by atoms with van der Waals surface area (Å²) in [6.45, 7) is 2.12. The molecule has 0 saturated heterocycles. The fourth-order valence-electron chi connectivity index (χ4n) is 0.702. The van der Waals surface area contributed by atoms with Crippen molar-refractivity contribution in [2.75, 3.05) is 0 Å². The molecule has 0 saturated carbocycles. The molecule has 0 amide bonds. The molecule has 2 N–H and O–H groups in total. The van der Waals surface area contributed by atoms with E-state index in [9.17, 15) is 0 Å². The first-order valence-electron chi connectivity index (χ1n) is 2.74. The third-order valence-corrected chi connectivity index (χ3v) is 1.68. The molecule has 46 valence electrons. The van der Waals surface area contributed by atoms with Gasteiger partial charge in [-0.25, -0.2) is 5.43 Å². The maximum Gasteiger partial charge on any atom is 0.0578 e. The fraction of sp³-hybridized carbons (Fsp3) is 0.600. The molecule has 0 aliphatic carbocycles. The van der Waals surface area contributed by atoms with Crippen LogP contribution < -0.4 is 10.9 Å². The molecule has 3 heteroatoms. The molecule has 0 bridgehead atoms. The second kappa shape index (κ2) is 2.42. The molecular weight excluding hydrogens is 120 g/mol. The van der Waals surface area contributed by atoms with Crippen LogP contribution in [0.25, 0.3) is 0 Å². The standard InChI is InChI=1S/C5H10N2S/c1-2-4-5(8)3-6-7-4/h3-4,6-8H,2H2,1H3. The first-order chi connectivity index (χ1) is 3.84. The summed E-state index contributed by atoms with van der Waals surface area (Å²) in [5, 5.41) is 0. The normalized spacial score (nSPS) is 27.2. The van der Waals surface area contributed by atoms with E-state index < -0.39 is 0 Å². The molecule has 0 aromatic heterocycles. The van der Waals surface area contributed by atoms with E-state index in [0.717, 1.165) is 11.3 Å². The molecule has 1 atom stereocenters. The van der Waals surface area contributed by atoms with Crippen molar-refractivity contribution in [2.24, 2.45) is 0 Å². The molecule has 1 aliphatic rings. The summed E-state index contributed by atoms with van der Waals surface area (Å²) >= 11 is 4.20. The van der Waals surface area contributed by atoms with Crippen molar-refractivity contribution in [3.63, 3.8) is 0 Å². The van der Waals surface area contributed by atoms with Crippen molar-refractivity contribution in [1.82, 2.24) is 10.9 Å². The number of hydrazine groups is 1. The van der Waals surface area contributed by atoms with Crippen LogP contribution in [0.5, 0.6) is 0 Å². The zero-order valence-electron chi connectivity index (χ0n) is 4.81. The highest BCUT2D eigenvalue weighted by Crippen LogP contribution is 2.11. The highest BCUT2D eigenvalue weighted by Gasteiger charge is 2.11. The Morgan fingerprint density at radius 2 is 2.62 bits per heavy atom. The molecule has 0 aromatic rings. The van der Waals surface area contributed by atoms with Crippen LogP contribution in [-0.4, -0.2) is 6.04 Å². The van der Waals surface area contributed by atoms with Crippen LogP contribution >= 0.6 is 12.6 Å². The molecule has 0 aromatic carbocycles. The van der Waals surface area contributed by atoms with Gasteiger partial charge in [0.1, 0.15) is 0 Å². The molecule has 8 heavy (non-hydrogen) atoms. The van der Waals surface area contributed by atoms with Crippen LogP contribution in [0.1, 0.15) is 13.3 Å². The average Bonchev–Trinajstić information content (AvgIpc) is 2.14. The first-order valence-corrected chi connectivity index (χ1v) is 3.19. The van der Waals surface area contributed by atoms with E-state index >= 15 is 0 Å². The third-order valence-electron chi connectivity index (χ3n) is 1.24. The fourth-order valence-corrected chi connectivity index (χ4v) is 1.01. The molecule has 1 heterocycles. The molecule has 0 spiro atoms. The summed E-state index contributed by atoms with van der Waals surface area (Å²) in [6.07, 6.45) is 2.96. The lowest BCUT2D eigenvalue weighted by molar-refractivity contribution is 0.569. The monoisotopic (exact) mass is 130 g/mol. The van der Waals surface area contributed by atoms with E-state index in [0.29, 0.717) is 6.04 Å². The zero-order valence-corrected chi connectivity index (χ0v) is 5.70. The zero-order chi connectivity index (χ0) is 5.98. The number of hydrogen-bond acceptors (Lipinski definition) is 3. The Morgan fingerprint density at radius 3 is 2.88 bits per heavy atom. The Kier molecular flexibility index (Phi) is 1.81. The third kappa shape index (κ3) is 0.980. The quantitative estimate of drug-likeness (QED) is 0.454. The Labute approximate surface area is 54.7 Å². The second-order valence-electron chi connectivity index (χ2n) is 1.82. The Morgan fingerprint density at radius 1 is 1.88 bits per heavy atom.